The highest BCUT2D eigenvalue weighted by atomic mass is 15.4. The number of nitrogens with two attached hydrogens (primary N) is 1. The van der Waals surface area contributed by atoms with Crippen molar-refractivity contribution < 1.29 is 0 Å². The molecule has 2 aromatic rings. The Balaban J connectivity index is 0.00000112. The van der Waals surface area contributed by atoms with E-state index in [-0.39, 0.29) is 6.15 Å². The molecule has 0 spiro atoms. The summed E-state index contributed by atoms with van der Waals surface area (Å²) in [6.45, 7) is 0. The zero-order valence-electron chi connectivity index (χ0n) is 8.51. The maximum atomic E-state index is 5.95. The van der Waals surface area contributed by atoms with Crippen molar-refractivity contribution in [2.24, 2.45) is 5.84 Å². The first-order chi connectivity index (χ1) is 6.88. The van der Waals surface area contributed by atoms with Crippen molar-refractivity contribution in [2.75, 3.05) is 5.01 Å². The molecule has 2 aromatic carbocycles. The fraction of sp³-hybridized carbons (Fsp3) is 0. The van der Waals surface area contributed by atoms with Gasteiger partial charge in [0.25, 0.3) is 0 Å². The Bertz CT molecular complexity index is 347. The molecule has 0 aliphatic carbocycles. The van der Waals surface area contributed by atoms with Gasteiger partial charge in [-0.2, -0.15) is 0 Å². The third kappa shape index (κ3) is 2.56. The van der Waals surface area contributed by atoms with Gasteiger partial charge in [0.1, 0.15) is 0 Å². The van der Waals surface area contributed by atoms with Crippen LogP contribution in [0.3, 0.4) is 0 Å². The Labute approximate surface area is 89.7 Å². The second-order valence-corrected chi connectivity index (χ2v) is 3.04. The third-order valence-corrected chi connectivity index (χ3v) is 2.07. The molecule has 0 saturated carbocycles. The monoisotopic (exact) mass is 201 g/mol. The van der Waals surface area contributed by atoms with Gasteiger partial charge in [-0.15, -0.1) is 0 Å². The SMILES string of the molecule is N.NN(c1ccccc1)c1ccccc1. The second kappa shape index (κ2) is 5.14. The van der Waals surface area contributed by atoms with Crippen molar-refractivity contribution >= 4 is 11.4 Å². The second-order valence-electron chi connectivity index (χ2n) is 3.04. The van der Waals surface area contributed by atoms with Gasteiger partial charge in [-0.05, 0) is 24.3 Å². The van der Waals surface area contributed by atoms with Crippen LogP contribution in [0.25, 0.3) is 0 Å². The number of anilines is 2. The molecular weight excluding hydrogens is 186 g/mol. The van der Waals surface area contributed by atoms with Crippen molar-refractivity contribution in [3.05, 3.63) is 60.7 Å². The summed E-state index contributed by atoms with van der Waals surface area (Å²) in [5.41, 5.74) is 1.97. The molecule has 0 amide bonds. The number of hydrogen-bond acceptors (Lipinski definition) is 3. The average Bonchev–Trinajstić information content (AvgIpc) is 2.30. The standard InChI is InChI=1S/C12H12N2.H3N/c13-14(11-7-3-1-4-8-11)12-9-5-2-6-10-12;/h1-10H,13H2;1H3. The van der Waals surface area contributed by atoms with Crippen molar-refractivity contribution in [1.82, 2.24) is 6.15 Å². The molecule has 3 nitrogen and oxygen atoms in total. The number of para-hydroxylation sites is 2. The van der Waals surface area contributed by atoms with Crippen molar-refractivity contribution in [3.63, 3.8) is 0 Å². The average molecular weight is 201 g/mol. The summed E-state index contributed by atoms with van der Waals surface area (Å²) >= 11 is 0. The molecule has 0 unspecified atom stereocenters. The lowest BCUT2D eigenvalue weighted by Gasteiger charge is -2.18. The van der Waals surface area contributed by atoms with Crippen molar-refractivity contribution in [1.29, 1.82) is 0 Å². The molecule has 0 heterocycles. The molecule has 0 fully saturated rings. The van der Waals surface area contributed by atoms with Crippen LogP contribution >= 0.6 is 0 Å². The van der Waals surface area contributed by atoms with Gasteiger partial charge in [0.05, 0.1) is 11.4 Å². The Morgan fingerprint density at radius 3 is 1.33 bits per heavy atom. The molecule has 0 saturated heterocycles. The van der Waals surface area contributed by atoms with Crippen LogP contribution in [0.1, 0.15) is 0 Å². The molecule has 2 rings (SSSR count). The first kappa shape index (κ1) is 11.2. The molecule has 5 N–H and O–H groups in total. The van der Waals surface area contributed by atoms with Crippen LogP contribution in [0.15, 0.2) is 60.7 Å². The van der Waals surface area contributed by atoms with E-state index in [4.69, 9.17) is 5.84 Å². The first-order valence-electron chi connectivity index (χ1n) is 4.53. The third-order valence-electron chi connectivity index (χ3n) is 2.07. The maximum absolute atomic E-state index is 5.95. The van der Waals surface area contributed by atoms with Gasteiger partial charge in [-0.25, -0.2) is 5.84 Å². The van der Waals surface area contributed by atoms with Gasteiger partial charge in [-0.1, -0.05) is 36.4 Å². The van der Waals surface area contributed by atoms with E-state index in [2.05, 4.69) is 0 Å². The fourth-order valence-corrected chi connectivity index (χ4v) is 1.33. The zero-order chi connectivity index (χ0) is 9.80. The highest BCUT2D eigenvalue weighted by molar-refractivity contribution is 5.60. The van der Waals surface area contributed by atoms with E-state index in [1.54, 1.807) is 5.01 Å². The summed E-state index contributed by atoms with van der Waals surface area (Å²) < 4.78 is 0. The Kier molecular flexibility index (Phi) is 3.85. The van der Waals surface area contributed by atoms with Crippen molar-refractivity contribution in [3.8, 4) is 0 Å². The summed E-state index contributed by atoms with van der Waals surface area (Å²) in [7, 11) is 0. The molecule has 78 valence electrons. The highest BCUT2D eigenvalue weighted by Gasteiger charge is 2.01. The van der Waals surface area contributed by atoms with E-state index in [9.17, 15) is 0 Å². The molecule has 0 radical (unpaired) electrons. The Hall–Kier alpha value is -1.84. The topological polar surface area (TPSA) is 64.3 Å². The minimum absolute atomic E-state index is 0. The van der Waals surface area contributed by atoms with Gasteiger partial charge in [-0.3, -0.25) is 5.01 Å². The van der Waals surface area contributed by atoms with Gasteiger partial charge >= 0.3 is 0 Å². The number of rotatable bonds is 2. The predicted octanol–water partition coefficient (Wildman–Crippen LogP) is 2.86. The Morgan fingerprint density at radius 2 is 1.00 bits per heavy atom. The molecule has 0 atom stereocenters. The lowest BCUT2D eigenvalue weighted by atomic mass is 10.2. The van der Waals surface area contributed by atoms with Crippen LogP contribution in [0.4, 0.5) is 11.4 Å². The largest absolute Gasteiger partial charge is 0.344 e. The van der Waals surface area contributed by atoms with Gasteiger partial charge in [0.2, 0.25) is 0 Å². The fourth-order valence-electron chi connectivity index (χ4n) is 1.33. The number of nitrogens with zero attached hydrogens (tertiary/aromatic N) is 1. The van der Waals surface area contributed by atoms with E-state index in [1.165, 1.54) is 0 Å². The maximum Gasteiger partial charge on any atom is 0.0575 e. The molecule has 0 bridgehead atoms. The highest BCUT2D eigenvalue weighted by Crippen LogP contribution is 2.20. The lowest BCUT2D eigenvalue weighted by molar-refractivity contribution is 1.09. The first-order valence-corrected chi connectivity index (χ1v) is 4.53. The van der Waals surface area contributed by atoms with E-state index in [0.717, 1.165) is 11.4 Å². The van der Waals surface area contributed by atoms with Crippen LogP contribution in [0, 0.1) is 0 Å². The quantitative estimate of drug-likeness (QED) is 0.580. The molecule has 3 heteroatoms. The van der Waals surface area contributed by atoms with E-state index < -0.39 is 0 Å². The van der Waals surface area contributed by atoms with E-state index in [0.29, 0.717) is 0 Å². The molecule has 0 aliphatic heterocycles. The van der Waals surface area contributed by atoms with Crippen LogP contribution in [-0.4, -0.2) is 0 Å². The summed E-state index contributed by atoms with van der Waals surface area (Å²) in [4.78, 5) is 0. The van der Waals surface area contributed by atoms with Gasteiger partial charge in [0, 0.05) is 0 Å². The predicted molar refractivity (Wildman–Crippen MR) is 64.2 cm³/mol. The molecule has 15 heavy (non-hydrogen) atoms. The summed E-state index contributed by atoms with van der Waals surface area (Å²) in [6, 6.07) is 19.7. The van der Waals surface area contributed by atoms with Crippen LogP contribution in [0.2, 0.25) is 0 Å². The number of hydrazine groups is 1. The molecule has 0 aliphatic rings. The minimum Gasteiger partial charge on any atom is -0.344 e. The minimum atomic E-state index is 0. The summed E-state index contributed by atoms with van der Waals surface area (Å²) in [5.74, 6) is 5.95. The summed E-state index contributed by atoms with van der Waals surface area (Å²) in [5, 5.41) is 1.67. The lowest BCUT2D eigenvalue weighted by Crippen LogP contribution is -2.24. The van der Waals surface area contributed by atoms with Crippen LogP contribution in [0.5, 0.6) is 0 Å². The van der Waals surface area contributed by atoms with Crippen LogP contribution < -0.4 is 17.0 Å². The van der Waals surface area contributed by atoms with Crippen LogP contribution in [-0.2, 0) is 0 Å². The number of benzene rings is 2. The summed E-state index contributed by atoms with van der Waals surface area (Å²) in [6.07, 6.45) is 0. The smallest absolute Gasteiger partial charge is 0.0575 e. The number of hydrogen-bond donors (Lipinski definition) is 2. The zero-order valence-corrected chi connectivity index (χ0v) is 8.51. The normalized spacial score (nSPS) is 9.13. The van der Waals surface area contributed by atoms with Crippen molar-refractivity contribution in [2.45, 2.75) is 0 Å². The van der Waals surface area contributed by atoms with Gasteiger partial charge in [0.15, 0.2) is 0 Å². The molecular formula is C12H15N3. The van der Waals surface area contributed by atoms with Gasteiger partial charge < -0.3 is 6.15 Å². The van der Waals surface area contributed by atoms with E-state index >= 15 is 0 Å². The molecule has 0 aromatic heterocycles. The Morgan fingerprint density at radius 1 is 0.667 bits per heavy atom. The van der Waals surface area contributed by atoms with E-state index in [1.807, 2.05) is 60.7 Å².